The fraction of sp³-hybridized carbons (Fsp3) is 0.421. The standard InChI is InChI=1S/C19H22N4O4S/c1-14-11-19(20-12-18(14)23(24)25)21-9-4-6-16(13-21)28(26,27)22-10-8-15-5-2-3-7-17(15)22/h2-3,5,7,11-12,16H,4,6,8-10,13H2,1H3. The highest BCUT2D eigenvalue weighted by molar-refractivity contribution is 7.93. The van der Waals surface area contributed by atoms with Crippen LogP contribution < -0.4 is 9.21 Å². The molecule has 4 rings (SSSR count). The van der Waals surface area contributed by atoms with Crippen LogP contribution in [0.3, 0.4) is 0 Å². The first kappa shape index (κ1) is 18.7. The van der Waals surface area contributed by atoms with Crippen LogP contribution in [0, 0.1) is 17.0 Å². The van der Waals surface area contributed by atoms with Crippen molar-refractivity contribution in [3.8, 4) is 0 Å². The van der Waals surface area contributed by atoms with Crippen LogP contribution in [0.2, 0.25) is 0 Å². The normalized spacial score (nSPS) is 19.5. The van der Waals surface area contributed by atoms with E-state index in [2.05, 4.69) is 4.98 Å². The van der Waals surface area contributed by atoms with Gasteiger partial charge in [-0.1, -0.05) is 18.2 Å². The van der Waals surface area contributed by atoms with Gasteiger partial charge in [0.25, 0.3) is 5.69 Å². The van der Waals surface area contributed by atoms with Crippen molar-refractivity contribution in [1.82, 2.24) is 4.98 Å². The number of nitrogens with zero attached hydrogens (tertiary/aromatic N) is 4. The first-order valence-electron chi connectivity index (χ1n) is 9.33. The molecule has 1 saturated heterocycles. The molecule has 28 heavy (non-hydrogen) atoms. The number of sulfonamides is 1. The van der Waals surface area contributed by atoms with Gasteiger partial charge in [-0.3, -0.25) is 14.4 Å². The fourth-order valence-corrected chi connectivity index (χ4v) is 6.03. The molecule has 1 aromatic heterocycles. The quantitative estimate of drug-likeness (QED) is 0.576. The molecule has 0 bridgehead atoms. The summed E-state index contributed by atoms with van der Waals surface area (Å²) in [6.45, 7) is 3.17. The maximum absolute atomic E-state index is 13.3. The van der Waals surface area contributed by atoms with E-state index in [9.17, 15) is 18.5 Å². The van der Waals surface area contributed by atoms with Crippen molar-refractivity contribution >= 4 is 27.2 Å². The van der Waals surface area contributed by atoms with Crippen molar-refractivity contribution < 1.29 is 13.3 Å². The summed E-state index contributed by atoms with van der Waals surface area (Å²) in [4.78, 5) is 16.7. The number of hydrogen-bond donors (Lipinski definition) is 0. The summed E-state index contributed by atoms with van der Waals surface area (Å²) in [7, 11) is -3.49. The molecular weight excluding hydrogens is 380 g/mol. The maximum Gasteiger partial charge on any atom is 0.290 e. The third-order valence-electron chi connectivity index (χ3n) is 5.54. The third kappa shape index (κ3) is 3.19. The van der Waals surface area contributed by atoms with E-state index in [0.717, 1.165) is 24.1 Å². The van der Waals surface area contributed by atoms with E-state index in [1.807, 2.05) is 29.2 Å². The summed E-state index contributed by atoms with van der Waals surface area (Å²) >= 11 is 0. The fourth-order valence-electron chi connectivity index (χ4n) is 4.04. The number of hydrogen-bond acceptors (Lipinski definition) is 6. The molecule has 1 aromatic carbocycles. The van der Waals surface area contributed by atoms with E-state index in [0.29, 0.717) is 37.4 Å². The second-order valence-electron chi connectivity index (χ2n) is 7.29. The highest BCUT2D eigenvalue weighted by Crippen LogP contribution is 2.34. The zero-order valence-corrected chi connectivity index (χ0v) is 16.4. The molecule has 0 radical (unpaired) electrons. The van der Waals surface area contributed by atoms with Crippen LogP contribution in [0.15, 0.2) is 36.5 Å². The number of fused-ring (bicyclic) bond motifs is 1. The molecule has 8 nitrogen and oxygen atoms in total. The lowest BCUT2D eigenvalue weighted by atomic mass is 10.1. The van der Waals surface area contributed by atoms with Crippen LogP contribution in [-0.4, -0.2) is 43.2 Å². The second kappa shape index (κ2) is 7.05. The zero-order valence-electron chi connectivity index (χ0n) is 15.6. The number of piperidine rings is 1. The van der Waals surface area contributed by atoms with Crippen molar-refractivity contribution in [1.29, 1.82) is 0 Å². The lowest BCUT2D eigenvalue weighted by molar-refractivity contribution is -0.385. The molecule has 2 aromatic rings. The molecular formula is C19H22N4O4S. The van der Waals surface area contributed by atoms with E-state index in [-0.39, 0.29) is 5.69 Å². The molecule has 2 aliphatic heterocycles. The third-order valence-corrected chi connectivity index (χ3v) is 7.76. The number of pyridine rings is 1. The Kier molecular flexibility index (Phi) is 4.70. The minimum atomic E-state index is -3.49. The molecule has 0 saturated carbocycles. The number of aryl methyl sites for hydroxylation is 1. The van der Waals surface area contributed by atoms with Crippen LogP contribution in [0.4, 0.5) is 17.2 Å². The smallest absolute Gasteiger partial charge is 0.290 e. The van der Waals surface area contributed by atoms with E-state index < -0.39 is 20.2 Å². The van der Waals surface area contributed by atoms with Crippen LogP contribution >= 0.6 is 0 Å². The van der Waals surface area contributed by atoms with Crippen LogP contribution in [0.25, 0.3) is 0 Å². The van der Waals surface area contributed by atoms with Crippen LogP contribution in [0.1, 0.15) is 24.0 Å². The predicted octanol–water partition coefficient (Wildman–Crippen LogP) is 2.66. The number of para-hydroxylation sites is 1. The van der Waals surface area contributed by atoms with Crippen LogP contribution in [-0.2, 0) is 16.4 Å². The first-order valence-corrected chi connectivity index (χ1v) is 10.8. The summed E-state index contributed by atoms with van der Waals surface area (Å²) in [6.07, 6.45) is 3.31. The summed E-state index contributed by atoms with van der Waals surface area (Å²) in [5.41, 5.74) is 2.34. The van der Waals surface area contributed by atoms with E-state index >= 15 is 0 Å². The Balaban J connectivity index is 1.57. The lowest BCUT2D eigenvalue weighted by Crippen LogP contribution is -2.48. The van der Waals surface area contributed by atoms with Gasteiger partial charge < -0.3 is 4.90 Å². The average Bonchev–Trinajstić information content (AvgIpc) is 3.12. The minimum absolute atomic E-state index is 0.0291. The monoisotopic (exact) mass is 402 g/mol. The van der Waals surface area contributed by atoms with Gasteiger partial charge in [-0.2, -0.15) is 0 Å². The van der Waals surface area contributed by atoms with Crippen LogP contribution in [0.5, 0.6) is 0 Å². The molecule has 0 spiro atoms. The lowest BCUT2D eigenvalue weighted by Gasteiger charge is -2.35. The highest BCUT2D eigenvalue weighted by atomic mass is 32.2. The molecule has 1 fully saturated rings. The summed E-state index contributed by atoms with van der Waals surface area (Å²) in [5.74, 6) is 0.588. The Morgan fingerprint density at radius 1 is 1.25 bits per heavy atom. The number of benzene rings is 1. The second-order valence-corrected chi connectivity index (χ2v) is 9.43. The number of nitro groups is 1. The van der Waals surface area contributed by atoms with Gasteiger partial charge in [0.1, 0.15) is 12.0 Å². The SMILES string of the molecule is Cc1cc(N2CCCC(S(=O)(=O)N3CCc4ccccc43)C2)ncc1[N+](=O)[O-]. The van der Waals surface area contributed by atoms with Gasteiger partial charge in [0.2, 0.25) is 10.0 Å². The Bertz CT molecular complexity index is 1020. The molecule has 0 aliphatic carbocycles. The topological polar surface area (TPSA) is 96.7 Å². The number of anilines is 2. The molecule has 9 heteroatoms. The van der Waals surface area contributed by atoms with Crippen molar-refractivity contribution in [2.45, 2.75) is 31.4 Å². The molecule has 0 amide bonds. The summed E-state index contributed by atoms with van der Waals surface area (Å²) < 4.78 is 28.2. The molecule has 3 heterocycles. The molecule has 1 unspecified atom stereocenters. The van der Waals surface area contributed by atoms with E-state index in [1.165, 1.54) is 6.20 Å². The van der Waals surface area contributed by atoms with Gasteiger partial charge in [0.15, 0.2) is 0 Å². The van der Waals surface area contributed by atoms with Crippen molar-refractivity contribution in [3.63, 3.8) is 0 Å². The van der Waals surface area contributed by atoms with Gasteiger partial charge in [-0.05, 0) is 43.9 Å². The van der Waals surface area contributed by atoms with Gasteiger partial charge in [-0.15, -0.1) is 0 Å². The number of rotatable bonds is 4. The Hall–Kier alpha value is -2.68. The zero-order chi connectivity index (χ0) is 19.9. The first-order chi connectivity index (χ1) is 13.4. The van der Waals surface area contributed by atoms with Crippen molar-refractivity contribution in [3.05, 3.63) is 57.8 Å². The van der Waals surface area contributed by atoms with Gasteiger partial charge >= 0.3 is 0 Å². The van der Waals surface area contributed by atoms with E-state index in [4.69, 9.17) is 0 Å². The van der Waals surface area contributed by atoms with Gasteiger partial charge in [-0.25, -0.2) is 13.4 Å². The maximum atomic E-state index is 13.3. The molecule has 148 valence electrons. The van der Waals surface area contributed by atoms with E-state index in [1.54, 1.807) is 17.3 Å². The van der Waals surface area contributed by atoms with Crippen molar-refractivity contribution in [2.24, 2.45) is 0 Å². The average molecular weight is 402 g/mol. The summed E-state index contributed by atoms with van der Waals surface area (Å²) in [6, 6.07) is 9.30. The minimum Gasteiger partial charge on any atom is -0.355 e. The predicted molar refractivity (Wildman–Crippen MR) is 107 cm³/mol. The van der Waals surface area contributed by atoms with Gasteiger partial charge in [0, 0.05) is 25.2 Å². The largest absolute Gasteiger partial charge is 0.355 e. The van der Waals surface area contributed by atoms with Gasteiger partial charge in [0.05, 0.1) is 15.9 Å². The molecule has 2 aliphatic rings. The highest BCUT2D eigenvalue weighted by Gasteiger charge is 2.38. The molecule has 1 atom stereocenters. The number of aromatic nitrogens is 1. The Labute approximate surface area is 164 Å². The molecule has 0 N–H and O–H groups in total. The Morgan fingerprint density at radius 3 is 2.79 bits per heavy atom. The summed E-state index contributed by atoms with van der Waals surface area (Å²) in [5, 5.41) is 10.5. The Morgan fingerprint density at radius 2 is 2.04 bits per heavy atom. The van der Waals surface area contributed by atoms with Crippen molar-refractivity contribution in [2.75, 3.05) is 28.8 Å².